The van der Waals surface area contributed by atoms with Crippen LogP contribution in [-0.4, -0.2) is 26.6 Å². The van der Waals surface area contributed by atoms with Gasteiger partial charge in [0.05, 0.1) is 7.11 Å². The monoisotopic (exact) mass is 390 g/mol. The first-order chi connectivity index (χ1) is 13.0. The van der Waals surface area contributed by atoms with Crippen molar-refractivity contribution >= 4 is 11.8 Å². The Hall–Kier alpha value is -2.81. The van der Waals surface area contributed by atoms with E-state index in [1.54, 1.807) is 30.2 Å². The number of ether oxygens (including phenoxy) is 1. The van der Waals surface area contributed by atoms with Gasteiger partial charge in [-0.2, -0.15) is 4.98 Å². The van der Waals surface area contributed by atoms with Gasteiger partial charge in [-0.15, -0.1) is 0 Å². The van der Waals surface area contributed by atoms with Crippen molar-refractivity contribution in [3.05, 3.63) is 75.5 Å². The number of thioether (sulfide) groups is 1. The Morgan fingerprint density at radius 1 is 1.15 bits per heavy atom. The molecule has 2 aromatic heterocycles. The smallest absolute Gasteiger partial charge is 0.316 e. The summed E-state index contributed by atoms with van der Waals surface area (Å²) in [6, 6.07) is 3.98. The Morgan fingerprint density at radius 3 is 2.56 bits per heavy atom. The Labute approximate surface area is 158 Å². The summed E-state index contributed by atoms with van der Waals surface area (Å²) in [5, 5.41) is 0.486. The zero-order valence-electron chi connectivity index (χ0n) is 14.6. The van der Waals surface area contributed by atoms with Gasteiger partial charge >= 0.3 is 6.01 Å². The molecule has 1 aromatic carbocycles. The Bertz CT molecular complexity index is 1010. The van der Waals surface area contributed by atoms with E-state index in [1.165, 1.54) is 24.9 Å². The zero-order valence-corrected chi connectivity index (χ0v) is 15.5. The van der Waals surface area contributed by atoms with Crippen LogP contribution in [-0.2, 0) is 19.2 Å². The number of nitrogens with zero attached hydrogens (tertiary/aromatic N) is 4. The molecule has 2 heterocycles. The highest BCUT2D eigenvalue weighted by Crippen LogP contribution is 2.21. The number of hydrogen-bond acceptors (Lipinski definition) is 6. The van der Waals surface area contributed by atoms with Gasteiger partial charge in [0.25, 0.3) is 5.56 Å². The molecule has 0 saturated heterocycles. The van der Waals surface area contributed by atoms with Crippen molar-refractivity contribution in [2.45, 2.75) is 17.3 Å². The summed E-state index contributed by atoms with van der Waals surface area (Å²) >= 11 is 1.27. The average Bonchev–Trinajstić information content (AvgIpc) is 2.66. The Morgan fingerprint density at radius 2 is 1.89 bits per heavy atom. The SMILES string of the molecule is COc1ncc(Cc2cn(C)c(SCc3ccc(F)c(F)c3)nc2=O)cn1. The lowest BCUT2D eigenvalue weighted by atomic mass is 10.1. The maximum Gasteiger partial charge on any atom is 0.316 e. The van der Waals surface area contributed by atoms with Gasteiger partial charge in [-0.1, -0.05) is 17.8 Å². The van der Waals surface area contributed by atoms with Gasteiger partial charge in [-0.05, 0) is 23.3 Å². The maximum atomic E-state index is 13.3. The molecule has 0 atom stereocenters. The number of benzene rings is 1. The fraction of sp³-hybridized carbons (Fsp3) is 0.222. The molecule has 0 saturated carbocycles. The molecule has 0 radical (unpaired) electrons. The molecule has 140 valence electrons. The van der Waals surface area contributed by atoms with Crippen molar-refractivity contribution in [2.24, 2.45) is 7.05 Å². The van der Waals surface area contributed by atoms with Crippen molar-refractivity contribution in [1.82, 2.24) is 19.5 Å². The fourth-order valence-electron chi connectivity index (χ4n) is 2.37. The third kappa shape index (κ3) is 4.68. The van der Waals surface area contributed by atoms with E-state index in [0.29, 0.717) is 28.5 Å². The Kier molecular flexibility index (Phi) is 5.80. The van der Waals surface area contributed by atoms with E-state index in [0.717, 1.165) is 17.7 Å². The minimum absolute atomic E-state index is 0.258. The van der Waals surface area contributed by atoms with E-state index in [9.17, 15) is 13.6 Å². The van der Waals surface area contributed by atoms with Crippen molar-refractivity contribution in [3.63, 3.8) is 0 Å². The predicted octanol–water partition coefficient (Wildman–Crippen LogP) is 2.74. The lowest BCUT2D eigenvalue weighted by Gasteiger charge is -2.09. The van der Waals surface area contributed by atoms with E-state index in [1.807, 2.05) is 0 Å². The molecule has 0 bridgehead atoms. The molecule has 0 aliphatic carbocycles. The highest BCUT2D eigenvalue weighted by molar-refractivity contribution is 7.98. The summed E-state index contributed by atoms with van der Waals surface area (Å²) in [6.07, 6.45) is 5.24. The van der Waals surface area contributed by atoms with Crippen LogP contribution in [0.25, 0.3) is 0 Å². The van der Waals surface area contributed by atoms with Gasteiger partial charge in [-0.3, -0.25) is 4.79 Å². The van der Waals surface area contributed by atoms with Gasteiger partial charge in [0.1, 0.15) is 0 Å². The molecule has 3 aromatic rings. The molecule has 0 aliphatic heterocycles. The molecule has 0 N–H and O–H groups in total. The van der Waals surface area contributed by atoms with Crippen molar-refractivity contribution in [2.75, 3.05) is 7.11 Å². The molecule has 0 spiro atoms. The summed E-state index contributed by atoms with van der Waals surface area (Å²) in [5.41, 5.74) is 1.52. The molecular formula is C18H16F2N4O2S. The van der Waals surface area contributed by atoms with Crippen LogP contribution in [0, 0.1) is 11.6 Å². The van der Waals surface area contributed by atoms with Crippen LogP contribution < -0.4 is 10.3 Å². The van der Waals surface area contributed by atoms with Crippen LogP contribution in [0.15, 0.2) is 46.7 Å². The van der Waals surface area contributed by atoms with Crippen molar-refractivity contribution < 1.29 is 13.5 Å². The number of hydrogen-bond donors (Lipinski definition) is 0. The maximum absolute atomic E-state index is 13.3. The molecule has 0 amide bonds. The molecule has 9 heteroatoms. The third-order valence-corrected chi connectivity index (χ3v) is 4.85. The number of rotatable bonds is 6. The lowest BCUT2D eigenvalue weighted by Crippen LogP contribution is -2.18. The summed E-state index contributed by atoms with van der Waals surface area (Å²) in [6.45, 7) is 0. The highest BCUT2D eigenvalue weighted by Gasteiger charge is 2.10. The van der Waals surface area contributed by atoms with Gasteiger partial charge in [0.2, 0.25) is 0 Å². The van der Waals surface area contributed by atoms with Crippen molar-refractivity contribution in [1.29, 1.82) is 0 Å². The molecule has 27 heavy (non-hydrogen) atoms. The minimum atomic E-state index is -0.896. The molecular weight excluding hydrogens is 374 g/mol. The first-order valence-corrected chi connectivity index (χ1v) is 8.93. The fourth-order valence-corrected chi connectivity index (χ4v) is 3.25. The van der Waals surface area contributed by atoms with Gasteiger partial charge in [-0.25, -0.2) is 18.7 Å². The second-order valence-electron chi connectivity index (χ2n) is 5.76. The second-order valence-corrected chi connectivity index (χ2v) is 6.70. The van der Waals surface area contributed by atoms with E-state index in [-0.39, 0.29) is 11.6 Å². The van der Waals surface area contributed by atoms with Gasteiger partial charge < -0.3 is 9.30 Å². The number of halogens is 2. The van der Waals surface area contributed by atoms with Crippen LogP contribution in [0.1, 0.15) is 16.7 Å². The average molecular weight is 390 g/mol. The summed E-state index contributed by atoms with van der Waals surface area (Å²) in [4.78, 5) is 24.4. The van der Waals surface area contributed by atoms with Crippen molar-refractivity contribution in [3.8, 4) is 6.01 Å². The first kappa shape index (κ1) is 19.0. The van der Waals surface area contributed by atoms with Crippen LogP contribution in [0.4, 0.5) is 8.78 Å². The van der Waals surface area contributed by atoms with E-state index >= 15 is 0 Å². The number of aryl methyl sites for hydroxylation is 1. The summed E-state index contributed by atoms with van der Waals surface area (Å²) in [5.74, 6) is -1.42. The summed E-state index contributed by atoms with van der Waals surface area (Å²) < 4.78 is 32.9. The summed E-state index contributed by atoms with van der Waals surface area (Å²) in [7, 11) is 3.25. The first-order valence-electron chi connectivity index (χ1n) is 7.94. The minimum Gasteiger partial charge on any atom is -0.467 e. The third-order valence-electron chi connectivity index (χ3n) is 3.73. The zero-order chi connectivity index (χ0) is 19.4. The number of methoxy groups -OCH3 is 1. The van der Waals surface area contributed by atoms with E-state index < -0.39 is 11.6 Å². The Balaban J connectivity index is 1.73. The predicted molar refractivity (Wildman–Crippen MR) is 96.8 cm³/mol. The largest absolute Gasteiger partial charge is 0.467 e. The molecule has 3 rings (SSSR count). The molecule has 6 nitrogen and oxygen atoms in total. The van der Waals surface area contributed by atoms with Crippen LogP contribution in [0.5, 0.6) is 6.01 Å². The van der Waals surface area contributed by atoms with Gasteiger partial charge in [0, 0.05) is 43.4 Å². The lowest BCUT2D eigenvalue weighted by molar-refractivity contribution is 0.379. The second kappa shape index (κ2) is 8.26. The quantitative estimate of drug-likeness (QED) is 0.476. The van der Waals surface area contributed by atoms with Crippen LogP contribution >= 0.6 is 11.8 Å². The van der Waals surface area contributed by atoms with Crippen LogP contribution in [0.3, 0.4) is 0 Å². The normalized spacial score (nSPS) is 10.8. The number of aromatic nitrogens is 4. The molecule has 0 unspecified atom stereocenters. The van der Waals surface area contributed by atoms with E-state index in [2.05, 4.69) is 15.0 Å². The highest BCUT2D eigenvalue weighted by atomic mass is 32.2. The van der Waals surface area contributed by atoms with Crippen LogP contribution in [0.2, 0.25) is 0 Å². The molecule has 0 fully saturated rings. The van der Waals surface area contributed by atoms with Gasteiger partial charge in [0.15, 0.2) is 16.8 Å². The van der Waals surface area contributed by atoms with E-state index in [4.69, 9.17) is 4.74 Å². The molecule has 0 aliphatic rings. The topological polar surface area (TPSA) is 69.9 Å². The standard InChI is InChI=1S/C18H16F2N4O2S/c1-24-9-13(5-12-7-21-17(26-2)22-8-12)16(25)23-18(24)27-10-11-3-4-14(19)15(20)6-11/h3-4,6-9H,5,10H2,1-2H3.